The largest absolute Gasteiger partial charge is 0.297 e. The summed E-state index contributed by atoms with van der Waals surface area (Å²) in [5.74, 6) is 0. The average Bonchev–Trinajstić information content (AvgIpc) is 2.50. The van der Waals surface area contributed by atoms with Crippen LogP contribution >= 0.6 is 0 Å². The van der Waals surface area contributed by atoms with Gasteiger partial charge in [0.05, 0.1) is 6.61 Å². The molecule has 0 amide bonds. The predicted molar refractivity (Wildman–Crippen MR) is 84.8 cm³/mol. The summed E-state index contributed by atoms with van der Waals surface area (Å²) in [6.45, 7) is 3.44. The third-order valence-electron chi connectivity index (χ3n) is 3.32. The molecule has 3 aromatic carbocycles. The number of rotatable bonds is 4. The maximum atomic E-state index is 12.3. The van der Waals surface area contributed by atoms with Gasteiger partial charge >= 0.3 is 0 Å². The van der Waals surface area contributed by atoms with Crippen molar-refractivity contribution in [2.45, 2.75) is 4.90 Å². The molecule has 0 N–H and O–H groups in total. The monoisotopic (exact) mass is 298 g/mol. The smallest absolute Gasteiger partial charge is 0.262 e. The molecule has 0 spiro atoms. The van der Waals surface area contributed by atoms with Crippen LogP contribution in [0.25, 0.3) is 21.5 Å². The highest BCUT2D eigenvalue weighted by Crippen LogP contribution is 2.28. The molecule has 0 aliphatic rings. The standard InChI is InChI=1S/C17H14O3S/c1-2-10-20-21(18,19)17-9-5-8-15-11-13-6-3-4-7-14(13)12-16(15)17/h2-9,11-12H,1,10H2. The van der Waals surface area contributed by atoms with E-state index in [1.807, 2.05) is 42.5 Å². The first kappa shape index (κ1) is 13.8. The van der Waals surface area contributed by atoms with Crippen LogP contribution in [0.3, 0.4) is 0 Å². The van der Waals surface area contributed by atoms with Crippen LogP contribution < -0.4 is 0 Å². The summed E-state index contributed by atoms with van der Waals surface area (Å²) in [5, 5.41) is 3.61. The molecular formula is C17H14O3S. The first-order valence-electron chi connectivity index (χ1n) is 6.54. The molecular weight excluding hydrogens is 284 g/mol. The van der Waals surface area contributed by atoms with Crippen LogP contribution in [0.4, 0.5) is 0 Å². The van der Waals surface area contributed by atoms with E-state index in [0.717, 1.165) is 16.2 Å². The summed E-state index contributed by atoms with van der Waals surface area (Å²) in [7, 11) is -3.79. The molecule has 0 saturated carbocycles. The van der Waals surface area contributed by atoms with Gasteiger partial charge in [0.1, 0.15) is 4.90 Å². The van der Waals surface area contributed by atoms with Gasteiger partial charge < -0.3 is 0 Å². The zero-order valence-corrected chi connectivity index (χ0v) is 12.1. The highest BCUT2D eigenvalue weighted by molar-refractivity contribution is 7.87. The maximum absolute atomic E-state index is 12.3. The number of hydrogen-bond donors (Lipinski definition) is 0. The van der Waals surface area contributed by atoms with E-state index in [4.69, 9.17) is 4.18 Å². The van der Waals surface area contributed by atoms with Crippen molar-refractivity contribution < 1.29 is 12.6 Å². The summed E-state index contributed by atoms with van der Waals surface area (Å²) in [5.41, 5.74) is 0. The van der Waals surface area contributed by atoms with Crippen molar-refractivity contribution in [2.75, 3.05) is 6.61 Å². The second kappa shape index (κ2) is 5.31. The molecule has 3 aromatic rings. The molecule has 0 heterocycles. The fourth-order valence-corrected chi connectivity index (χ4v) is 3.45. The van der Waals surface area contributed by atoms with Crippen LogP contribution in [0.1, 0.15) is 0 Å². The Balaban J connectivity index is 2.28. The first-order valence-corrected chi connectivity index (χ1v) is 7.94. The lowest BCUT2D eigenvalue weighted by Crippen LogP contribution is -2.06. The van der Waals surface area contributed by atoms with E-state index in [1.54, 1.807) is 12.1 Å². The van der Waals surface area contributed by atoms with Gasteiger partial charge in [0.15, 0.2) is 0 Å². The van der Waals surface area contributed by atoms with Crippen molar-refractivity contribution in [1.29, 1.82) is 0 Å². The van der Waals surface area contributed by atoms with E-state index in [-0.39, 0.29) is 11.5 Å². The van der Waals surface area contributed by atoms with Crippen LogP contribution in [0.15, 0.2) is 72.1 Å². The highest BCUT2D eigenvalue weighted by atomic mass is 32.2. The summed E-state index contributed by atoms with van der Waals surface area (Å²) in [6.07, 6.45) is 1.41. The Morgan fingerprint density at radius 3 is 2.33 bits per heavy atom. The van der Waals surface area contributed by atoms with Gasteiger partial charge in [0.25, 0.3) is 10.1 Å². The SMILES string of the molecule is C=CCOS(=O)(=O)c1cccc2cc3ccccc3cc12. The Morgan fingerprint density at radius 2 is 1.62 bits per heavy atom. The molecule has 3 rings (SSSR count). The van der Waals surface area contributed by atoms with Gasteiger partial charge in [-0.2, -0.15) is 8.42 Å². The molecule has 0 aliphatic heterocycles. The molecule has 0 fully saturated rings. The van der Waals surface area contributed by atoms with Gasteiger partial charge in [-0.25, -0.2) is 0 Å². The summed E-state index contributed by atoms with van der Waals surface area (Å²) >= 11 is 0. The van der Waals surface area contributed by atoms with Gasteiger partial charge in [0, 0.05) is 5.39 Å². The van der Waals surface area contributed by atoms with E-state index in [2.05, 4.69) is 6.58 Å². The minimum Gasteiger partial charge on any atom is -0.262 e. The summed E-state index contributed by atoms with van der Waals surface area (Å²) in [6, 6.07) is 16.9. The second-order valence-corrected chi connectivity index (χ2v) is 6.29. The molecule has 0 aliphatic carbocycles. The molecule has 106 valence electrons. The van der Waals surface area contributed by atoms with Gasteiger partial charge in [0.2, 0.25) is 0 Å². The Labute approximate surface area is 123 Å². The van der Waals surface area contributed by atoms with Crippen molar-refractivity contribution >= 4 is 31.7 Å². The Hall–Kier alpha value is -2.17. The van der Waals surface area contributed by atoms with Crippen molar-refractivity contribution in [3.05, 3.63) is 67.3 Å². The molecule has 0 bridgehead atoms. The minimum atomic E-state index is -3.79. The Kier molecular flexibility index (Phi) is 3.49. The van der Waals surface area contributed by atoms with Gasteiger partial charge in [-0.15, -0.1) is 6.58 Å². The van der Waals surface area contributed by atoms with Gasteiger partial charge in [-0.3, -0.25) is 4.18 Å². The Bertz CT molecular complexity index is 927. The Morgan fingerprint density at radius 1 is 0.952 bits per heavy atom. The maximum Gasteiger partial charge on any atom is 0.297 e. The van der Waals surface area contributed by atoms with E-state index in [1.165, 1.54) is 6.08 Å². The van der Waals surface area contributed by atoms with Crippen molar-refractivity contribution in [3.8, 4) is 0 Å². The second-order valence-electron chi connectivity index (χ2n) is 4.70. The molecule has 0 saturated heterocycles. The number of benzene rings is 3. The van der Waals surface area contributed by atoms with Crippen LogP contribution in [-0.2, 0) is 14.3 Å². The van der Waals surface area contributed by atoms with Crippen LogP contribution in [0.5, 0.6) is 0 Å². The van der Waals surface area contributed by atoms with Crippen molar-refractivity contribution in [1.82, 2.24) is 0 Å². The highest BCUT2D eigenvalue weighted by Gasteiger charge is 2.18. The number of hydrogen-bond acceptors (Lipinski definition) is 3. The quantitative estimate of drug-likeness (QED) is 0.417. The lowest BCUT2D eigenvalue weighted by atomic mass is 10.0. The number of fused-ring (bicyclic) bond motifs is 2. The molecule has 0 aromatic heterocycles. The fraction of sp³-hybridized carbons (Fsp3) is 0.0588. The summed E-state index contributed by atoms with van der Waals surface area (Å²) < 4.78 is 29.5. The van der Waals surface area contributed by atoms with E-state index < -0.39 is 10.1 Å². The third-order valence-corrected chi connectivity index (χ3v) is 4.66. The lowest BCUT2D eigenvalue weighted by molar-refractivity contribution is 0.358. The van der Waals surface area contributed by atoms with E-state index in [0.29, 0.717) is 5.39 Å². The zero-order chi connectivity index (χ0) is 14.9. The van der Waals surface area contributed by atoms with Crippen LogP contribution in [0, 0.1) is 0 Å². The predicted octanol–water partition coefficient (Wildman–Crippen LogP) is 3.88. The summed E-state index contributed by atoms with van der Waals surface area (Å²) in [4.78, 5) is 0.188. The van der Waals surface area contributed by atoms with Gasteiger partial charge in [-0.05, 0) is 34.4 Å². The van der Waals surface area contributed by atoms with Crippen LogP contribution in [-0.4, -0.2) is 15.0 Å². The van der Waals surface area contributed by atoms with Crippen LogP contribution in [0.2, 0.25) is 0 Å². The average molecular weight is 298 g/mol. The van der Waals surface area contributed by atoms with E-state index >= 15 is 0 Å². The van der Waals surface area contributed by atoms with Crippen molar-refractivity contribution in [2.24, 2.45) is 0 Å². The topological polar surface area (TPSA) is 43.4 Å². The zero-order valence-electron chi connectivity index (χ0n) is 11.3. The van der Waals surface area contributed by atoms with E-state index in [9.17, 15) is 8.42 Å². The van der Waals surface area contributed by atoms with Gasteiger partial charge in [-0.1, -0.05) is 42.5 Å². The molecule has 4 heteroatoms. The normalized spacial score (nSPS) is 11.8. The molecule has 3 nitrogen and oxygen atoms in total. The molecule has 0 atom stereocenters. The molecule has 0 unspecified atom stereocenters. The van der Waals surface area contributed by atoms with Crippen molar-refractivity contribution in [3.63, 3.8) is 0 Å². The lowest BCUT2D eigenvalue weighted by Gasteiger charge is -2.09. The third kappa shape index (κ3) is 2.55. The fourth-order valence-electron chi connectivity index (χ4n) is 2.36. The molecule has 21 heavy (non-hydrogen) atoms. The minimum absolute atomic E-state index is 0.0354. The molecule has 0 radical (unpaired) electrons. The first-order chi connectivity index (χ1) is 10.1.